The second kappa shape index (κ2) is 6.84. The van der Waals surface area contributed by atoms with Crippen LogP contribution in [0, 0.1) is 12.8 Å². The molecule has 0 saturated carbocycles. The van der Waals surface area contributed by atoms with E-state index < -0.39 is 0 Å². The Bertz CT molecular complexity index is 761. The number of piperidine rings is 3. The van der Waals surface area contributed by atoms with Crippen LogP contribution in [-0.4, -0.2) is 46.5 Å². The van der Waals surface area contributed by atoms with Crippen molar-refractivity contribution in [2.45, 2.75) is 38.6 Å². The lowest BCUT2D eigenvalue weighted by atomic mass is 9.74. The molecule has 1 N–H and O–H groups in total. The summed E-state index contributed by atoms with van der Waals surface area (Å²) in [6.45, 7) is 6.51. The highest BCUT2D eigenvalue weighted by atomic mass is 32.1. The number of hydrogen-bond acceptors (Lipinski definition) is 5. The monoisotopic (exact) mass is 356 g/mol. The lowest BCUT2D eigenvalue weighted by molar-refractivity contribution is -0.119. The molecule has 3 fully saturated rings. The molecule has 0 radical (unpaired) electrons. The first-order valence-corrected chi connectivity index (χ1v) is 9.86. The van der Waals surface area contributed by atoms with Crippen molar-refractivity contribution in [3.8, 4) is 10.6 Å². The zero-order valence-corrected chi connectivity index (χ0v) is 15.6. The van der Waals surface area contributed by atoms with Gasteiger partial charge in [0, 0.05) is 37.7 Å². The van der Waals surface area contributed by atoms with E-state index in [-0.39, 0.29) is 5.91 Å². The van der Waals surface area contributed by atoms with Crippen molar-refractivity contribution < 1.29 is 4.79 Å². The summed E-state index contributed by atoms with van der Waals surface area (Å²) in [6, 6.07) is 6.85. The summed E-state index contributed by atoms with van der Waals surface area (Å²) in [6.07, 6.45) is 2.36. The van der Waals surface area contributed by atoms with Crippen molar-refractivity contribution in [2.75, 3.05) is 19.6 Å². The van der Waals surface area contributed by atoms with Gasteiger partial charge in [0.05, 0.1) is 10.6 Å². The molecule has 2 bridgehead atoms. The molecular formula is C19H24N4OS. The van der Waals surface area contributed by atoms with E-state index in [1.54, 1.807) is 18.3 Å². The Labute approximate surface area is 152 Å². The average molecular weight is 356 g/mol. The van der Waals surface area contributed by atoms with Crippen molar-refractivity contribution in [2.24, 2.45) is 5.92 Å². The molecule has 5 rings (SSSR count). The van der Waals surface area contributed by atoms with Crippen LogP contribution in [0.15, 0.2) is 23.6 Å². The van der Waals surface area contributed by atoms with Crippen molar-refractivity contribution >= 4 is 17.2 Å². The van der Waals surface area contributed by atoms with Gasteiger partial charge in [0.2, 0.25) is 5.91 Å². The molecule has 1 amide bonds. The summed E-state index contributed by atoms with van der Waals surface area (Å²) in [4.78, 5) is 24.4. The Morgan fingerprint density at radius 2 is 2.32 bits per heavy atom. The zero-order valence-electron chi connectivity index (χ0n) is 14.7. The van der Waals surface area contributed by atoms with Crippen LogP contribution in [0.3, 0.4) is 0 Å². The molecule has 132 valence electrons. The molecular weight excluding hydrogens is 332 g/mol. The summed E-state index contributed by atoms with van der Waals surface area (Å²) in [5.41, 5.74) is 2.23. The minimum absolute atomic E-state index is 0.0613. The largest absolute Gasteiger partial charge is 0.355 e. The highest BCUT2D eigenvalue weighted by Gasteiger charge is 2.41. The number of amides is 1. The number of fused-ring (bicyclic) bond motifs is 3. The van der Waals surface area contributed by atoms with E-state index in [4.69, 9.17) is 4.98 Å². The van der Waals surface area contributed by atoms with Crippen LogP contribution in [0.4, 0.5) is 0 Å². The lowest BCUT2D eigenvalue weighted by Crippen LogP contribution is -2.56. The van der Waals surface area contributed by atoms with Crippen LogP contribution >= 0.6 is 11.3 Å². The lowest BCUT2D eigenvalue weighted by Gasteiger charge is -2.49. The number of carbonyl (C=O) groups is 1. The molecule has 1 unspecified atom stereocenters. The maximum atomic E-state index is 11.2. The van der Waals surface area contributed by atoms with Crippen LogP contribution < -0.4 is 5.32 Å². The molecule has 5 heterocycles. The number of carbonyl (C=O) groups excluding carboxylic acids is 1. The summed E-state index contributed by atoms with van der Waals surface area (Å²) in [5.74, 6) is 2.04. The number of nitrogens with one attached hydrogen (secondary N) is 1. The van der Waals surface area contributed by atoms with E-state index in [0.717, 1.165) is 37.6 Å². The van der Waals surface area contributed by atoms with Gasteiger partial charge >= 0.3 is 0 Å². The third-order valence-corrected chi connectivity index (χ3v) is 6.37. The molecule has 0 spiro atoms. The minimum atomic E-state index is 0.0613. The predicted molar refractivity (Wildman–Crippen MR) is 99.6 cm³/mol. The van der Waals surface area contributed by atoms with E-state index in [2.05, 4.69) is 38.8 Å². The number of aromatic nitrogens is 2. The normalized spacial score (nSPS) is 28.1. The number of hydrogen-bond donors (Lipinski definition) is 1. The molecule has 3 aliphatic heterocycles. The number of rotatable bonds is 4. The third-order valence-electron chi connectivity index (χ3n) is 5.48. The molecule has 4 atom stereocenters. The Morgan fingerprint density at radius 3 is 3.00 bits per heavy atom. The van der Waals surface area contributed by atoms with E-state index in [1.165, 1.54) is 17.0 Å². The fourth-order valence-corrected chi connectivity index (χ4v) is 4.96. The van der Waals surface area contributed by atoms with Crippen molar-refractivity contribution in [1.82, 2.24) is 20.2 Å². The van der Waals surface area contributed by atoms with Crippen molar-refractivity contribution in [3.05, 3.63) is 35.1 Å². The van der Waals surface area contributed by atoms with E-state index in [0.29, 0.717) is 17.9 Å². The maximum absolute atomic E-state index is 11.2. The smallest absolute Gasteiger partial charge is 0.216 e. The van der Waals surface area contributed by atoms with Gasteiger partial charge in [-0.3, -0.25) is 9.69 Å². The van der Waals surface area contributed by atoms with Gasteiger partial charge < -0.3 is 5.32 Å². The van der Waals surface area contributed by atoms with Gasteiger partial charge in [0.15, 0.2) is 0 Å². The van der Waals surface area contributed by atoms with Gasteiger partial charge in [0.1, 0.15) is 5.82 Å². The Hall–Kier alpha value is -1.79. The second-order valence-electron chi connectivity index (χ2n) is 7.18. The van der Waals surface area contributed by atoms with Gasteiger partial charge in [0.25, 0.3) is 0 Å². The highest BCUT2D eigenvalue weighted by Crippen LogP contribution is 2.41. The Balaban J connectivity index is 1.55. The van der Waals surface area contributed by atoms with E-state index >= 15 is 0 Å². The van der Waals surface area contributed by atoms with E-state index in [1.807, 2.05) is 6.92 Å². The van der Waals surface area contributed by atoms with Crippen LogP contribution in [-0.2, 0) is 4.79 Å². The van der Waals surface area contributed by atoms with Crippen LogP contribution in [0.1, 0.15) is 37.2 Å². The maximum Gasteiger partial charge on any atom is 0.216 e. The minimum Gasteiger partial charge on any atom is -0.355 e. The molecule has 5 nitrogen and oxygen atoms in total. The molecule has 25 heavy (non-hydrogen) atoms. The van der Waals surface area contributed by atoms with Gasteiger partial charge in [-0.05, 0) is 49.7 Å². The first-order valence-electron chi connectivity index (χ1n) is 8.98. The Kier molecular flexibility index (Phi) is 4.56. The molecule has 0 aromatic carbocycles. The molecule has 3 saturated heterocycles. The molecule has 0 aliphatic carbocycles. The number of aryl methyl sites for hydroxylation is 1. The van der Waals surface area contributed by atoms with E-state index in [9.17, 15) is 4.79 Å². The number of nitrogens with zero attached hydrogens (tertiary/aromatic N) is 3. The van der Waals surface area contributed by atoms with Crippen LogP contribution in [0.25, 0.3) is 10.6 Å². The zero-order chi connectivity index (χ0) is 17.4. The van der Waals surface area contributed by atoms with Crippen LogP contribution in [0.5, 0.6) is 0 Å². The van der Waals surface area contributed by atoms with Gasteiger partial charge in [-0.1, -0.05) is 6.07 Å². The van der Waals surface area contributed by atoms with Gasteiger partial charge in [-0.2, -0.15) is 0 Å². The molecule has 6 heteroatoms. The quantitative estimate of drug-likeness (QED) is 0.915. The first-order chi connectivity index (χ1) is 12.1. The Morgan fingerprint density at radius 1 is 1.44 bits per heavy atom. The van der Waals surface area contributed by atoms with Crippen molar-refractivity contribution in [1.29, 1.82) is 0 Å². The SMILES string of the molecule is CC(=O)NC[C@H]1C[C@@H]2CCN1C[C@@H]2c1cc(-c2cccs2)nc(C)n1. The first kappa shape index (κ1) is 16.7. The number of thiophene rings is 1. The van der Waals surface area contributed by atoms with Gasteiger partial charge in [-0.25, -0.2) is 9.97 Å². The third kappa shape index (κ3) is 3.46. The topological polar surface area (TPSA) is 58.1 Å². The van der Waals surface area contributed by atoms with Gasteiger partial charge in [-0.15, -0.1) is 11.3 Å². The summed E-state index contributed by atoms with van der Waals surface area (Å²) in [7, 11) is 0. The standard InChI is InChI=1S/C19H24N4OS/c1-12-21-17(9-18(22-12)19-4-3-7-25-19)16-11-23-6-5-14(16)8-15(23)10-20-13(2)24/h3-4,7,9,14-16H,5-6,8,10-11H2,1-2H3,(H,20,24)/t14-,15+,16-/m0/s1. The fraction of sp³-hybridized carbons (Fsp3) is 0.526. The summed E-state index contributed by atoms with van der Waals surface area (Å²) in [5, 5.41) is 5.08. The van der Waals surface area contributed by atoms with Crippen molar-refractivity contribution in [3.63, 3.8) is 0 Å². The predicted octanol–water partition coefficient (Wildman–Crippen LogP) is 2.83. The average Bonchev–Trinajstić information content (AvgIpc) is 3.14. The van der Waals surface area contributed by atoms with Crippen LogP contribution in [0.2, 0.25) is 0 Å². The molecule has 2 aromatic rings. The second-order valence-corrected chi connectivity index (χ2v) is 8.13. The summed E-state index contributed by atoms with van der Waals surface area (Å²) >= 11 is 1.72. The molecule has 2 aromatic heterocycles. The summed E-state index contributed by atoms with van der Waals surface area (Å²) < 4.78 is 0. The molecule has 3 aliphatic rings. The fourth-order valence-electron chi connectivity index (χ4n) is 4.28. The highest BCUT2D eigenvalue weighted by molar-refractivity contribution is 7.13.